The van der Waals surface area contributed by atoms with Crippen LogP contribution in [0.25, 0.3) is 0 Å². The topological polar surface area (TPSA) is 77.2 Å². The number of rotatable bonds is 4. The molecule has 2 N–H and O–H groups in total. The van der Waals surface area contributed by atoms with E-state index < -0.39 is 19.5 Å². The van der Waals surface area contributed by atoms with Crippen LogP contribution in [-0.4, -0.2) is 37.6 Å². The first kappa shape index (κ1) is 25.0. The third kappa shape index (κ3) is 3.20. The van der Waals surface area contributed by atoms with Crippen molar-refractivity contribution in [3.63, 3.8) is 0 Å². The highest BCUT2D eigenvalue weighted by Gasteiger charge is 2.86. The summed E-state index contributed by atoms with van der Waals surface area (Å²) in [5.74, 6) is 10.2. The Kier molecular flexibility index (Phi) is 5.47. The second-order valence-electron chi connectivity index (χ2n) is 13.5. The van der Waals surface area contributed by atoms with Gasteiger partial charge in [0, 0.05) is 5.41 Å². The van der Waals surface area contributed by atoms with E-state index in [0.717, 1.165) is 31.4 Å². The summed E-state index contributed by atoms with van der Waals surface area (Å²) in [4.78, 5) is 13.9. The Bertz CT molecular complexity index is 1080. The lowest BCUT2D eigenvalue weighted by Crippen LogP contribution is -2.53. The summed E-state index contributed by atoms with van der Waals surface area (Å²) in [5.41, 5.74) is 0.993. The van der Waals surface area contributed by atoms with Crippen molar-refractivity contribution in [2.24, 2.45) is 45.9 Å². The maximum atomic E-state index is 13.9. The van der Waals surface area contributed by atoms with E-state index in [1.807, 2.05) is 0 Å². The Balaban J connectivity index is 1.44. The number of fused-ring (bicyclic) bond motifs is 4. The number of Topliss-reactive ketones (excluding diaryl/α,β-unsaturated/α-hetero) is 1. The van der Waals surface area contributed by atoms with Gasteiger partial charge in [-0.2, -0.15) is 5.10 Å². The van der Waals surface area contributed by atoms with Crippen molar-refractivity contribution >= 4 is 19.8 Å². The molecule has 0 radical (unpaired) electrons. The monoisotopic (exact) mass is 494 g/mol. The van der Waals surface area contributed by atoms with Gasteiger partial charge in [0.25, 0.3) is 0 Å². The van der Waals surface area contributed by atoms with Crippen LogP contribution >= 0.6 is 0 Å². The summed E-state index contributed by atoms with van der Waals surface area (Å²) in [6.45, 7) is 15.8. The van der Waals surface area contributed by atoms with E-state index in [9.17, 15) is 4.79 Å². The van der Waals surface area contributed by atoms with Crippen molar-refractivity contribution in [1.29, 1.82) is 0 Å². The molecule has 0 aromatic rings. The molecule has 0 amide bonds. The number of nitrogens with two attached hydrogens (primary N) is 1. The maximum Gasteiger partial charge on any atom is 0.193 e. The first-order valence-corrected chi connectivity index (χ1v) is 16.2. The Hall–Kier alpha value is -1.68. The summed E-state index contributed by atoms with van der Waals surface area (Å²) in [7, 11) is -2.05. The number of carbonyl (C=O) groups excluding carboxylic acids is 1. The standard InChI is InChI=1S/C29H42N2O3Si/c1-9-19-15-23-22-11-10-20-14-21(31-30)12-13-27(20,6)25(22)18(2)16-28(23)29(19,34-28)24(32)17-33-35(7,8)26(3,4)5/h1,12-14,18-19,22-23,25H,10-11,15-17,30H2,2-8H3/b31-21+/t18-,19+,22-,23?,25?,27-,28+,29-/m0/s1. The van der Waals surface area contributed by atoms with Crippen molar-refractivity contribution in [1.82, 2.24) is 0 Å². The van der Waals surface area contributed by atoms with Gasteiger partial charge in [-0.25, -0.2) is 0 Å². The molecule has 1 heterocycles. The quantitative estimate of drug-likeness (QED) is 0.191. The molecular weight excluding hydrogens is 452 g/mol. The molecule has 4 fully saturated rings. The van der Waals surface area contributed by atoms with Gasteiger partial charge in [-0.15, -0.1) is 6.42 Å². The number of hydrogen-bond donors (Lipinski definition) is 1. The summed E-state index contributed by atoms with van der Waals surface area (Å²) in [6, 6.07) is 0. The van der Waals surface area contributed by atoms with Crippen molar-refractivity contribution < 1.29 is 14.0 Å². The normalized spacial score (nSPS) is 45.0. The van der Waals surface area contributed by atoms with Crippen LogP contribution in [0.5, 0.6) is 0 Å². The zero-order chi connectivity index (χ0) is 25.6. The van der Waals surface area contributed by atoms with Crippen LogP contribution in [0, 0.1) is 47.3 Å². The highest BCUT2D eigenvalue weighted by molar-refractivity contribution is 6.74. The second-order valence-corrected chi connectivity index (χ2v) is 18.3. The van der Waals surface area contributed by atoms with Crippen LogP contribution < -0.4 is 5.84 Å². The van der Waals surface area contributed by atoms with E-state index in [-0.39, 0.29) is 28.8 Å². The van der Waals surface area contributed by atoms with Crippen LogP contribution in [0.2, 0.25) is 18.1 Å². The molecule has 8 atom stereocenters. The molecule has 6 heteroatoms. The molecule has 1 saturated heterocycles. The predicted molar refractivity (Wildman–Crippen MR) is 142 cm³/mol. The van der Waals surface area contributed by atoms with E-state index in [2.05, 4.69) is 77.0 Å². The van der Waals surface area contributed by atoms with Crippen molar-refractivity contribution in [3.8, 4) is 12.3 Å². The lowest BCUT2D eigenvalue weighted by atomic mass is 9.48. The summed E-state index contributed by atoms with van der Waals surface area (Å²) >= 11 is 0. The van der Waals surface area contributed by atoms with Gasteiger partial charge in [0.1, 0.15) is 5.60 Å². The molecular formula is C29H42N2O3Si. The zero-order valence-corrected chi connectivity index (χ0v) is 23.5. The fraction of sp³-hybridized carbons (Fsp3) is 0.724. The molecule has 2 unspecified atom stereocenters. The highest BCUT2D eigenvalue weighted by Crippen LogP contribution is 2.75. The predicted octanol–water partition coefficient (Wildman–Crippen LogP) is 5.24. The van der Waals surface area contributed by atoms with Crippen molar-refractivity contribution in [2.45, 2.75) is 89.6 Å². The average Bonchev–Trinajstić information content (AvgIpc) is 3.36. The molecule has 5 aliphatic rings. The number of ketones is 1. The Morgan fingerprint density at radius 3 is 2.74 bits per heavy atom. The van der Waals surface area contributed by atoms with Crippen LogP contribution in [0.3, 0.4) is 0 Å². The molecule has 0 aromatic heterocycles. The molecule has 5 nitrogen and oxygen atoms in total. The van der Waals surface area contributed by atoms with Crippen LogP contribution in [0.1, 0.15) is 60.3 Å². The molecule has 1 spiro atoms. The lowest BCUT2D eigenvalue weighted by molar-refractivity contribution is -0.127. The first-order valence-electron chi connectivity index (χ1n) is 13.3. The third-order valence-corrected chi connectivity index (χ3v) is 15.4. The molecule has 5 rings (SSSR count). The number of carbonyl (C=O) groups is 1. The number of nitrogens with zero attached hydrogens (tertiary/aromatic N) is 1. The first-order chi connectivity index (χ1) is 16.3. The SMILES string of the molecule is C#C[C@@H]1CC2[C@@H]3CCC4=C/C(=N/N)C=C[C@]4(C)C3[C@@H](C)C[C@@]23O[C@]13C(=O)CO[Si](C)(C)C(C)(C)C. The van der Waals surface area contributed by atoms with E-state index in [1.165, 1.54) is 5.57 Å². The molecule has 0 bridgehead atoms. The average molecular weight is 495 g/mol. The minimum Gasteiger partial charge on any atom is -0.409 e. The van der Waals surface area contributed by atoms with E-state index >= 15 is 0 Å². The maximum absolute atomic E-state index is 13.9. The third-order valence-electron chi connectivity index (χ3n) is 10.9. The zero-order valence-electron chi connectivity index (χ0n) is 22.5. The highest BCUT2D eigenvalue weighted by atomic mass is 28.4. The Morgan fingerprint density at radius 1 is 1.40 bits per heavy atom. The number of terminal acetylenes is 1. The van der Waals surface area contributed by atoms with Crippen LogP contribution in [0.15, 0.2) is 28.9 Å². The van der Waals surface area contributed by atoms with Gasteiger partial charge in [-0.3, -0.25) is 4.79 Å². The Labute approximate surface area is 212 Å². The van der Waals surface area contributed by atoms with Crippen LogP contribution in [-0.2, 0) is 14.0 Å². The molecule has 190 valence electrons. The smallest absolute Gasteiger partial charge is 0.193 e. The summed E-state index contributed by atoms with van der Waals surface area (Å²) < 4.78 is 13.0. The van der Waals surface area contributed by atoms with Gasteiger partial charge in [-0.1, -0.05) is 52.2 Å². The van der Waals surface area contributed by atoms with Gasteiger partial charge < -0.3 is 15.0 Å². The van der Waals surface area contributed by atoms with Crippen LogP contribution in [0.4, 0.5) is 0 Å². The van der Waals surface area contributed by atoms with Crippen molar-refractivity contribution in [2.75, 3.05) is 6.61 Å². The second kappa shape index (κ2) is 7.66. The number of allylic oxidation sites excluding steroid dienone is 4. The number of hydrogen-bond acceptors (Lipinski definition) is 5. The largest absolute Gasteiger partial charge is 0.409 e. The molecule has 1 aliphatic heterocycles. The van der Waals surface area contributed by atoms with Crippen molar-refractivity contribution in [3.05, 3.63) is 23.8 Å². The molecule has 35 heavy (non-hydrogen) atoms. The fourth-order valence-electron chi connectivity index (χ4n) is 8.21. The van der Waals surface area contributed by atoms with Gasteiger partial charge in [0.2, 0.25) is 0 Å². The Morgan fingerprint density at radius 2 is 2.11 bits per heavy atom. The minimum atomic E-state index is -2.05. The molecule has 4 aliphatic carbocycles. The van der Waals surface area contributed by atoms with E-state index in [4.69, 9.17) is 21.4 Å². The summed E-state index contributed by atoms with van der Waals surface area (Å²) in [6.07, 6.45) is 16.6. The van der Waals surface area contributed by atoms with Gasteiger partial charge in [0.15, 0.2) is 19.7 Å². The fourth-order valence-corrected chi connectivity index (χ4v) is 9.13. The van der Waals surface area contributed by atoms with Gasteiger partial charge in [0.05, 0.1) is 18.2 Å². The number of hydrazone groups is 1. The lowest BCUT2D eigenvalue weighted by Gasteiger charge is -2.56. The minimum absolute atomic E-state index is 0.0145. The summed E-state index contributed by atoms with van der Waals surface area (Å²) in [5, 5.41) is 3.98. The number of epoxide rings is 1. The number of ether oxygens (including phenoxy) is 1. The molecule has 3 saturated carbocycles. The van der Waals surface area contributed by atoms with E-state index in [0.29, 0.717) is 23.7 Å². The molecule has 0 aromatic carbocycles. The van der Waals surface area contributed by atoms with Gasteiger partial charge in [-0.05, 0) is 79.6 Å². The van der Waals surface area contributed by atoms with Gasteiger partial charge >= 0.3 is 0 Å². The van der Waals surface area contributed by atoms with E-state index in [1.54, 1.807) is 0 Å².